The molecular formula is C24H31N3O5S2. The Labute approximate surface area is 202 Å². The lowest BCUT2D eigenvalue weighted by molar-refractivity contribution is 0.102. The molecule has 34 heavy (non-hydrogen) atoms. The van der Waals surface area contributed by atoms with Crippen LogP contribution in [0.25, 0.3) is 0 Å². The van der Waals surface area contributed by atoms with Gasteiger partial charge in [-0.05, 0) is 80.1 Å². The fraction of sp³-hybridized carbons (Fsp3) is 0.458. The number of fused-ring (bicyclic) bond motifs is 1. The monoisotopic (exact) mass is 505 g/mol. The maximum absolute atomic E-state index is 12.8. The Morgan fingerprint density at radius 1 is 0.912 bits per heavy atom. The summed E-state index contributed by atoms with van der Waals surface area (Å²) >= 11 is 0. The molecule has 0 atom stereocenters. The number of piperidine rings is 1. The molecule has 2 aliphatic heterocycles. The van der Waals surface area contributed by atoms with E-state index in [4.69, 9.17) is 0 Å². The Kier molecular flexibility index (Phi) is 7.30. The molecule has 0 spiro atoms. The van der Waals surface area contributed by atoms with Gasteiger partial charge in [-0.1, -0.05) is 13.3 Å². The van der Waals surface area contributed by atoms with Crippen LogP contribution in [-0.4, -0.2) is 52.4 Å². The average molecular weight is 506 g/mol. The number of nitrogens with one attached hydrogen (secondary N) is 1. The predicted octanol–water partition coefficient (Wildman–Crippen LogP) is 3.61. The summed E-state index contributed by atoms with van der Waals surface area (Å²) in [5, 5.41) is 2.84. The van der Waals surface area contributed by atoms with Crippen LogP contribution in [-0.2, 0) is 26.5 Å². The van der Waals surface area contributed by atoms with E-state index in [1.165, 1.54) is 32.9 Å². The fourth-order valence-electron chi connectivity index (χ4n) is 4.53. The van der Waals surface area contributed by atoms with E-state index < -0.39 is 20.0 Å². The molecule has 2 aromatic carbocycles. The molecule has 0 radical (unpaired) electrons. The minimum atomic E-state index is -3.55. The Hall–Kier alpha value is -2.43. The summed E-state index contributed by atoms with van der Waals surface area (Å²) in [6, 6.07) is 11.2. The van der Waals surface area contributed by atoms with Crippen molar-refractivity contribution in [2.45, 2.75) is 50.3 Å². The lowest BCUT2D eigenvalue weighted by atomic mass is 10.0. The zero-order valence-corrected chi connectivity index (χ0v) is 21.0. The van der Waals surface area contributed by atoms with Gasteiger partial charge in [-0.25, -0.2) is 16.8 Å². The highest BCUT2D eigenvalue weighted by Crippen LogP contribution is 2.32. The quantitative estimate of drug-likeness (QED) is 0.619. The van der Waals surface area contributed by atoms with E-state index in [1.807, 2.05) is 13.0 Å². The van der Waals surface area contributed by atoms with Crippen LogP contribution in [0.15, 0.2) is 47.4 Å². The molecule has 1 saturated heterocycles. The van der Waals surface area contributed by atoms with Crippen molar-refractivity contribution in [2.75, 3.05) is 35.0 Å². The van der Waals surface area contributed by atoms with E-state index in [1.54, 1.807) is 12.1 Å². The molecule has 0 unspecified atom stereocenters. The van der Waals surface area contributed by atoms with Crippen LogP contribution in [0.1, 0.15) is 54.9 Å². The molecule has 0 bridgehead atoms. The van der Waals surface area contributed by atoms with Gasteiger partial charge in [0.1, 0.15) is 0 Å². The van der Waals surface area contributed by atoms with Crippen LogP contribution in [0.4, 0.5) is 11.4 Å². The summed E-state index contributed by atoms with van der Waals surface area (Å²) in [5.41, 5.74) is 2.47. The molecule has 184 valence electrons. The summed E-state index contributed by atoms with van der Waals surface area (Å²) in [6.07, 6.45) is 4.78. The molecule has 1 N–H and O–H groups in total. The first-order valence-electron chi connectivity index (χ1n) is 11.8. The third-order valence-electron chi connectivity index (χ3n) is 6.28. The van der Waals surface area contributed by atoms with Crippen LogP contribution >= 0.6 is 0 Å². The van der Waals surface area contributed by atoms with Crippen molar-refractivity contribution in [1.29, 1.82) is 0 Å². The van der Waals surface area contributed by atoms with Gasteiger partial charge in [0.25, 0.3) is 5.91 Å². The molecule has 0 aromatic heterocycles. The van der Waals surface area contributed by atoms with E-state index in [0.29, 0.717) is 43.0 Å². The fourth-order valence-corrected chi connectivity index (χ4v) is 7.67. The van der Waals surface area contributed by atoms with Gasteiger partial charge >= 0.3 is 0 Å². The number of sulfonamides is 2. The summed E-state index contributed by atoms with van der Waals surface area (Å²) in [5.74, 6) is -0.248. The Bertz CT molecular complexity index is 1250. The number of rotatable bonds is 7. The number of hydrogen-bond acceptors (Lipinski definition) is 5. The van der Waals surface area contributed by atoms with Crippen molar-refractivity contribution >= 4 is 37.3 Å². The third kappa shape index (κ3) is 5.13. The van der Waals surface area contributed by atoms with Crippen molar-refractivity contribution in [1.82, 2.24) is 4.31 Å². The maximum atomic E-state index is 12.8. The zero-order valence-electron chi connectivity index (χ0n) is 19.4. The van der Waals surface area contributed by atoms with E-state index in [2.05, 4.69) is 5.32 Å². The molecule has 2 heterocycles. The second-order valence-corrected chi connectivity index (χ2v) is 12.7. The highest BCUT2D eigenvalue weighted by molar-refractivity contribution is 7.92. The molecule has 4 rings (SSSR count). The first-order chi connectivity index (χ1) is 16.2. The highest BCUT2D eigenvalue weighted by atomic mass is 32.2. The van der Waals surface area contributed by atoms with Crippen molar-refractivity contribution in [3.8, 4) is 0 Å². The summed E-state index contributed by atoms with van der Waals surface area (Å²) in [6.45, 7) is 3.37. The second kappa shape index (κ2) is 10.1. The van der Waals surface area contributed by atoms with Crippen LogP contribution in [0.2, 0.25) is 0 Å². The molecule has 0 saturated carbocycles. The Balaban J connectivity index is 1.48. The van der Waals surface area contributed by atoms with Gasteiger partial charge in [-0.3, -0.25) is 9.10 Å². The normalized spacial score (nSPS) is 17.3. The molecule has 2 aliphatic rings. The van der Waals surface area contributed by atoms with Gasteiger partial charge in [0.05, 0.1) is 16.3 Å². The molecule has 10 heteroatoms. The standard InChI is InChI=1S/C24H31N3O5S2/c1-2-17-33(29,30)27-16-6-7-20-18-21(10-13-23(20)27)25-24(28)19-8-11-22(12-9-19)34(31,32)26-14-4-3-5-15-26/h8-13,18H,2-7,14-17H2,1H3,(H,25,28). The molecule has 1 amide bonds. The average Bonchev–Trinajstić information content (AvgIpc) is 2.84. The number of nitrogens with zero attached hydrogens (tertiary/aromatic N) is 2. The van der Waals surface area contributed by atoms with Crippen molar-refractivity contribution < 1.29 is 21.6 Å². The predicted molar refractivity (Wildman–Crippen MR) is 133 cm³/mol. The van der Waals surface area contributed by atoms with Gasteiger partial charge in [0, 0.05) is 30.9 Å². The molecule has 0 aliphatic carbocycles. The van der Waals surface area contributed by atoms with Crippen molar-refractivity contribution in [2.24, 2.45) is 0 Å². The second-order valence-electron chi connectivity index (χ2n) is 8.78. The third-order valence-corrected chi connectivity index (χ3v) is 10.2. The van der Waals surface area contributed by atoms with E-state index in [-0.39, 0.29) is 16.6 Å². The van der Waals surface area contributed by atoms with Gasteiger partial charge in [0.2, 0.25) is 20.0 Å². The van der Waals surface area contributed by atoms with Crippen LogP contribution < -0.4 is 9.62 Å². The van der Waals surface area contributed by atoms with E-state index >= 15 is 0 Å². The lowest BCUT2D eigenvalue weighted by Gasteiger charge is -2.30. The number of hydrogen-bond donors (Lipinski definition) is 1. The maximum Gasteiger partial charge on any atom is 0.255 e. The lowest BCUT2D eigenvalue weighted by Crippen LogP contribution is -2.37. The molecule has 1 fully saturated rings. The number of benzene rings is 2. The van der Waals surface area contributed by atoms with E-state index in [0.717, 1.165) is 37.7 Å². The zero-order chi connectivity index (χ0) is 24.3. The van der Waals surface area contributed by atoms with E-state index in [9.17, 15) is 21.6 Å². The van der Waals surface area contributed by atoms with Gasteiger partial charge in [-0.15, -0.1) is 0 Å². The van der Waals surface area contributed by atoms with Crippen LogP contribution in [0.3, 0.4) is 0 Å². The van der Waals surface area contributed by atoms with Gasteiger partial charge < -0.3 is 5.32 Å². The van der Waals surface area contributed by atoms with Crippen LogP contribution in [0.5, 0.6) is 0 Å². The Morgan fingerprint density at radius 2 is 1.62 bits per heavy atom. The molecule has 8 nitrogen and oxygen atoms in total. The summed E-state index contributed by atoms with van der Waals surface area (Å²) < 4.78 is 53.8. The smallest absolute Gasteiger partial charge is 0.255 e. The number of carbonyl (C=O) groups is 1. The largest absolute Gasteiger partial charge is 0.322 e. The molecular weight excluding hydrogens is 474 g/mol. The summed E-state index contributed by atoms with van der Waals surface area (Å²) in [4.78, 5) is 13.0. The Morgan fingerprint density at radius 3 is 2.29 bits per heavy atom. The molecule has 2 aromatic rings. The number of carbonyl (C=O) groups excluding carboxylic acids is 1. The van der Waals surface area contributed by atoms with Gasteiger partial charge in [0.15, 0.2) is 0 Å². The summed E-state index contributed by atoms with van der Waals surface area (Å²) in [7, 11) is -6.90. The topological polar surface area (TPSA) is 104 Å². The van der Waals surface area contributed by atoms with Crippen LogP contribution in [0, 0.1) is 0 Å². The van der Waals surface area contributed by atoms with Gasteiger partial charge in [-0.2, -0.15) is 4.31 Å². The minimum absolute atomic E-state index is 0.106. The highest BCUT2D eigenvalue weighted by Gasteiger charge is 2.28. The SMILES string of the molecule is CCCS(=O)(=O)N1CCCc2cc(NC(=O)c3ccc(S(=O)(=O)N4CCCCC4)cc3)ccc21. The minimum Gasteiger partial charge on any atom is -0.322 e. The number of aryl methyl sites for hydroxylation is 1. The first kappa shape index (κ1) is 24.7. The number of anilines is 2. The van der Waals surface area contributed by atoms with Crippen molar-refractivity contribution in [3.05, 3.63) is 53.6 Å². The number of amides is 1. The first-order valence-corrected chi connectivity index (χ1v) is 14.8. The van der Waals surface area contributed by atoms with Crippen molar-refractivity contribution in [3.63, 3.8) is 0 Å².